The van der Waals surface area contributed by atoms with Gasteiger partial charge in [0.1, 0.15) is 5.69 Å². The van der Waals surface area contributed by atoms with E-state index in [1.807, 2.05) is 125 Å². The van der Waals surface area contributed by atoms with Crippen molar-refractivity contribution in [2.75, 3.05) is 0 Å². The first-order valence-electron chi connectivity index (χ1n) is 47.2. The second-order valence-corrected chi connectivity index (χ2v) is 39.1. The van der Waals surface area contributed by atoms with Gasteiger partial charge in [-0.3, -0.25) is 9.13 Å². The molecule has 0 unspecified atom stereocenters. The van der Waals surface area contributed by atoms with Crippen LogP contribution in [0.5, 0.6) is 0 Å². The summed E-state index contributed by atoms with van der Waals surface area (Å²) in [6, 6.07) is 160. The molecule has 0 N–H and O–H groups in total. The van der Waals surface area contributed by atoms with Crippen molar-refractivity contribution in [1.82, 2.24) is 48.6 Å². The van der Waals surface area contributed by atoms with Gasteiger partial charge in [0.25, 0.3) is 0 Å². The zero-order chi connectivity index (χ0) is 91.7. The minimum Gasteiger partial charge on any atom is -0.309 e. The minimum absolute atomic E-state index is 0.641. The zero-order valence-electron chi connectivity index (χ0n) is 74.9. The van der Waals surface area contributed by atoms with E-state index < -0.39 is 0 Å². The first-order chi connectivity index (χ1) is 69.5. The van der Waals surface area contributed by atoms with Gasteiger partial charge in [-0.05, 0) is 164 Å². The second-order valence-electron chi connectivity index (χ2n) is 35.8. The maximum atomic E-state index is 5.40. The molecule has 0 radical (unpaired) electrons. The summed E-state index contributed by atoms with van der Waals surface area (Å²) in [5.41, 5.74) is 36.0. The summed E-state index contributed by atoms with van der Waals surface area (Å²) in [4.78, 5) is 36.2. The van der Waals surface area contributed by atoms with Gasteiger partial charge in [0, 0.05) is 132 Å². The van der Waals surface area contributed by atoms with Crippen molar-refractivity contribution >= 4 is 149 Å². The molecule has 9 heterocycles. The molecule has 0 spiro atoms. The molecule has 0 bridgehead atoms. The molecule has 31 rings (SSSR count). The predicted molar refractivity (Wildman–Crippen MR) is 585 cm³/mol. The SMILES string of the molecule is c1ccc(-c2nc(-c3ccccc3)nc(-c3ccc(-n4c(-c5ccccc5)c5c6c(cccc64)-c4cccc6sc7cccc-5c7c46)cc3)n2)cc1.c1ccc(-c2nc(-n3c(-c4ccccc4)c4c5c(cccc53)-c3cccc5sc6cccc-4c6c35)nc3ccccc23)cc1.c1ccc(-c2nc3ccccc3nc2-n2c(-c3ccccc3)c3c4c(cccc42)-c2cccc4sc5cccc-3c5c24)cc1. The van der Waals surface area contributed by atoms with Crippen molar-refractivity contribution in [3.05, 3.63) is 449 Å². The van der Waals surface area contributed by atoms with Crippen LogP contribution in [0.1, 0.15) is 0 Å². The van der Waals surface area contributed by atoms with Crippen LogP contribution in [0.2, 0.25) is 0 Å². The number of hydrogen-bond acceptors (Lipinski definition) is 10. The van der Waals surface area contributed by atoms with Gasteiger partial charge in [-0.15, -0.1) is 34.0 Å². The number of thiophene rings is 3. The van der Waals surface area contributed by atoms with Gasteiger partial charge in [-0.25, -0.2) is 34.9 Å². The Labute approximate surface area is 815 Å². The Morgan fingerprint density at radius 1 is 0.171 bits per heavy atom. The topological polar surface area (TPSA) is 105 Å². The fourth-order valence-corrected chi connectivity index (χ4v) is 25.8. The van der Waals surface area contributed by atoms with Crippen LogP contribution < -0.4 is 0 Å². The third kappa shape index (κ3) is 12.3. The van der Waals surface area contributed by atoms with E-state index in [2.05, 4.69) is 372 Å². The molecule has 0 amide bonds. The molecule has 3 aliphatic rings. The minimum atomic E-state index is 0.641. The number of para-hydroxylation sites is 3. The van der Waals surface area contributed by atoms with Crippen LogP contribution in [-0.4, -0.2) is 48.6 Å². The first-order valence-corrected chi connectivity index (χ1v) is 49.6. The number of hydrogen-bond donors (Lipinski definition) is 0. The highest BCUT2D eigenvalue weighted by Crippen LogP contribution is 2.60. The first kappa shape index (κ1) is 79.5. The number of aromatic nitrogens is 10. The standard InChI is InChI=1S/C47H28N4S.2C40H23N3S/c1-4-13-29(14-5-1)44-43-36-21-12-24-39-42(36)41-35(20-11-23-38(41)52-39)34-19-10-22-37(40(34)43)51(44)33-27-25-32(26-28-33)47-49-45(30-15-6-2-7-16-30)48-46(50-47)31-17-8-3-9-18-31;1-3-12-24(13-4-1)38-40(42-30-20-8-7-19-29(30)41-38)43-31-21-9-16-26-27-17-10-22-32-35(27)36-28(18-11-23-33(36)44-32)37(34(26)31)39(43)25-14-5-2-6-15-25;1-3-12-24(13-4-1)38-28-16-7-8-20-30(28)41-40(42-38)43-31-21-9-17-26-27-18-10-22-32-35(27)36-29(19-11-23-33(36)44-32)37(34(26)31)39(43)25-14-5-2-6-15-25/h1-28H;2*1-23H. The third-order valence-electron chi connectivity index (χ3n) is 28.1. The maximum absolute atomic E-state index is 5.40. The quantitative estimate of drug-likeness (QED) is 0.127. The zero-order valence-corrected chi connectivity index (χ0v) is 77.4. The van der Waals surface area contributed by atoms with E-state index in [0.29, 0.717) is 23.4 Å². The Kier molecular flexibility index (Phi) is 18.1. The monoisotopic (exact) mass is 1830 g/mol. The average Bonchev–Trinajstić information content (AvgIpc) is 1.54. The summed E-state index contributed by atoms with van der Waals surface area (Å²) >= 11 is 5.64. The van der Waals surface area contributed by atoms with E-state index in [1.54, 1.807) is 0 Å². The highest BCUT2D eigenvalue weighted by molar-refractivity contribution is 7.27. The lowest BCUT2D eigenvalue weighted by atomic mass is 9.95. The molecule has 9 aromatic heterocycles. The normalized spacial score (nSPS) is 12.0. The molecular formula is C127H74N10S3. The van der Waals surface area contributed by atoms with Crippen molar-refractivity contribution in [3.63, 3.8) is 0 Å². The van der Waals surface area contributed by atoms with Gasteiger partial charge in [0.15, 0.2) is 23.3 Å². The Morgan fingerprint density at radius 2 is 0.457 bits per heavy atom. The fraction of sp³-hybridized carbons (Fsp3) is 0. The highest BCUT2D eigenvalue weighted by atomic mass is 32.1. The molecule has 0 saturated heterocycles. The van der Waals surface area contributed by atoms with Gasteiger partial charge in [-0.1, -0.05) is 352 Å². The van der Waals surface area contributed by atoms with Gasteiger partial charge < -0.3 is 4.57 Å². The predicted octanol–water partition coefficient (Wildman–Crippen LogP) is 34.3. The van der Waals surface area contributed by atoms with Gasteiger partial charge >= 0.3 is 0 Å². The molecule has 0 saturated carbocycles. The van der Waals surface area contributed by atoms with E-state index in [9.17, 15) is 0 Å². The summed E-state index contributed by atoms with van der Waals surface area (Å²) < 4.78 is 15.1. The molecule has 19 aromatic carbocycles. The Morgan fingerprint density at radius 3 is 0.857 bits per heavy atom. The molecule has 140 heavy (non-hydrogen) atoms. The molecule has 10 nitrogen and oxygen atoms in total. The van der Waals surface area contributed by atoms with Crippen LogP contribution in [0.25, 0.3) is 290 Å². The molecule has 13 heteroatoms. The van der Waals surface area contributed by atoms with E-state index in [4.69, 9.17) is 34.9 Å². The van der Waals surface area contributed by atoms with Gasteiger partial charge in [0.2, 0.25) is 5.95 Å². The van der Waals surface area contributed by atoms with Crippen LogP contribution in [-0.2, 0) is 0 Å². The van der Waals surface area contributed by atoms with Crippen LogP contribution in [0, 0.1) is 0 Å². The van der Waals surface area contributed by atoms with Crippen molar-refractivity contribution in [3.8, 4) is 175 Å². The highest BCUT2D eigenvalue weighted by Gasteiger charge is 2.36. The Bertz CT molecular complexity index is 9930. The molecule has 3 aliphatic carbocycles. The maximum Gasteiger partial charge on any atom is 0.235 e. The second kappa shape index (κ2) is 31.9. The Balaban J connectivity index is 0.000000101. The van der Waals surface area contributed by atoms with E-state index in [-0.39, 0.29) is 0 Å². The molecule has 0 atom stereocenters. The van der Waals surface area contributed by atoms with E-state index >= 15 is 0 Å². The lowest BCUT2D eigenvalue weighted by molar-refractivity contribution is 0.991. The summed E-state index contributed by atoms with van der Waals surface area (Å²) in [5.74, 6) is 3.45. The molecule has 0 aliphatic heterocycles. The van der Waals surface area contributed by atoms with Crippen molar-refractivity contribution in [2.24, 2.45) is 0 Å². The summed E-state index contributed by atoms with van der Waals surface area (Å²) in [5, 5.41) is 12.9. The summed E-state index contributed by atoms with van der Waals surface area (Å²) in [7, 11) is 0. The smallest absolute Gasteiger partial charge is 0.235 e. The number of nitrogens with zero attached hydrogens (tertiary/aromatic N) is 10. The van der Waals surface area contributed by atoms with Crippen molar-refractivity contribution in [2.45, 2.75) is 0 Å². The molecule has 28 aromatic rings. The fourth-order valence-electron chi connectivity index (χ4n) is 22.3. The molecular weight excluding hydrogens is 1760 g/mol. The van der Waals surface area contributed by atoms with Gasteiger partial charge in [-0.2, -0.15) is 0 Å². The third-order valence-corrected chi connectivity index (χ3v) is 31.5. The van der Waals surface area contributed by atoms with Crippen LogP contribution in [0.15, 0.2) is 449 Å². The number of rotatable bonds is 11. The molecule has 0 fully saturated rings. The lowest BCUT2D eigenvalue weighted by Gasteiger charge is -2.17. The van der Waals surface area contributed by atoms with Gasteiger partial charge in [0.05, 0.1) is 55.9 Å². The van der Waals surface area contributed by atoms with Crippen molar-refractivity contribution < 1.29 is 0 Å². The van der Waals surface area contributed by atoms with Crippen LogP contribution in [0.3, 0.4) is 0 Å². The summed E-state index contributed by atoms with van der Waals surface area (Å²) in [6.45, 7) is 0. The number of benzene rings is 19. The van der Waals surface area contributed by atoms with E-state index in [1.165, 1.54) is 160 Å². The van der Waals surface area contributed by atoms with Crippen LogP contribution in [0.4, 0.5) is 0 Å². The molecule has 650 valence electrons. The Hall–Kier alpha value is -17.9. The summed E-state index contributed by atoms with van der Waals surface area (Å²) in [6.07, 6.45) is 0. The van der Waals surface area contributed by atoms with Crippen molar-refractivity contribution in [1.29, 1.82) is 0 Å². The largest absolute Gasteiger partial charge is 0.309 e. The lowest BCUT2D eigenvalue weighted by Crippen LogP contribution is -2.05. The van der Waals surface area contributed by atoms with E-state index in [0.717, 1.165) is 106 Å². The number of fused-ring (bicyclic) bond motifs is 8. The average molecular weight is 1840 g/mol. The van der Waals surface area contributed by atoms with Crippen LogP contribution >= 0.6 is 34.0 Å².